The Bertz CT molecular complexity index is 1530. The van der Waals surface area contributed by atoms with Gasteiger partial charge in [-0.15, -0.1) is 0 Å². The van der Waals surface area contributed by atoms with Gasteiger partial charge in [0.05, 0.1) is 20.3 Å². The van der Waals surface area contributed by atoms with Crippen LogP contribution in [0.1, 0.15) is 17.0 Å². The third-order valence-electron chi connectivity index (χ3n) is 6.89. The third kappa shape index (κ3) is 11.3. The van der Waals surface area contributed by atoms with Crippen LogP contribution in [0, 0.1) is 0 Å². The maximum atomic E-state index is 13.1. The second-order valence-corrected chi connectivity index (χ2v) is 13.7. The van der Waals surface area contributed by atoms with Crippen molar-refractivity contribution in [2.75, 3.05) is 57.7 Å². The fourth-order valence-electron chi connectivity index (χ4n) is 4.75. The Morgan fingerprint density at radius 2 is 1.57 bits per heavy atom. The molecule has 0 radical (unpaired) electrons. The molecule has 0 heterocycles. The number of nitrogens with one attached hydrogen (secondary N) is 3. The Labute approximate surface area is 280 Å². The van der Waals surface area contributed by atoms with E-state index in [1.165, 1.54) is 28.7 Å². The van der Waals surface area contributed by atoms with Crippen molar-refractivity contribution in [3.05, 3.63) is 83.9 Å². The van der Waals surface area contributed by atoms with Crippen LogP contribution in [0.25, 0.3) is 11.1 Å². The molecule has 3 aromatic rings. The summed E-state index contributed by atoms with van der Waals surface area (Å²) in [5.74, 6) is -1.06. The van der Waals surface area contributed by atoms with Gasteiger partial charge in [0.1, 0.15) is 19.3 Å². The predicted molar refractivity (Wildman–Crippen MR) is 179 cm³/mol. The number of anilines is 1. The Morgan fingerprint density at radius 1 is 0.915 bits per heavy atom. The normalized spacial score (nSPS) is 12.8. The molecule has 252 valence electrons. The third-order valence-corrected chi connectivity index (χ3v) is 9.84. The van der Waals surface area contributed by atoms with Crippen molar-refractivity contribution in [2.24, 2.45) is 0 Å². The van der Waals surface area contributed by atoms with Crippen LogP contribution in [-0.2, 0) is 32.9 Å². The topological polar surface area (TPSA) is 182 Å². The maximum absolute atomic E-state index is 13.1. The maximum Gasteiger partial charge on any atom is 0.469 e. The largest absolute Gasteiger partial charge is 0.469 e. The number of alkyl carbamates (subject to hydrolysis) is 1. The molecule has 16 heteroatoms. The Balaban J connectivity index is 1.34. The summed E-state index contributed by atoms with van der Waals surface area (Å²) in [7, 11) is -0.710. The van der Waals surface area contributed by atoms with Gasteiger partial charge >= 0.3 is 19.9 Å². The quantitative estimate of drug-likeness (QED) is 0.0551. The van der Waals surface area contributed by atoms with E-state index >= 15 is 0 Å². The van der Waals surface area contributed by atoms with Gasteiger partial charge < -0.3 is 39.9 Å². The molecule has 0 aromatic heterocycles. The minimum atomic E-state index is -4.70. The Kier molecular flexibility index (Phi) is 14.0. The number of hydrogen-bond acceptors (Lipinski definition) is 11. The highest BCUT2D eigenvalue weighted by Crippen LogP contribution is 2.44. The smallest absolute Gasteiger partial charge is 0.467 e. The molecule has 1 aliphatic carbocycles. The molecule has 2 amide bonds. The van der Waals surface area contributed by atoms with Crippen molar-refractivity contribution in [1.82, 2.24) is 10.6 Å². The lowest BCUT2D eigenvalue weighted by Gasteiger charge is -2.20. The number of para-hydroxylation sites is 1. The first-order chi connectivity index (χ1) is 22.7. The molecule has 5 N–H and O–H groups in total. The number of benzene rings is 3. The summed E-state index contributed by atoms with van der Waals surface area (Å²) in [6.07, 6.45) is -0.780. The van der Waals surface area contributed by atoms with Gasteiger partial charge in [-0.2, -0.15) is 0 Å². The minimum absolute atomic E-state index is 0.0641. The number of ether oxygens (including phenoxy) is 3. The summed E-state index contributed by atoms with van der Waals surface area (Å²) in [6, 6.07) is 22.3. The molecule has 0 saturated carbocycles. The molecule has 3 aromatic carbocycles. The van der Waals surface area contributed by atoms with Crippen LogP contribution in [0.2, 0.25) is 0 Å². The molecule has 13 nitrogen and oxygen atoms in total. The van der Waals surface area contributed by atoms with Gasteiger partial charge in [-0.25, -0.2) is 14.2 Å². The average molecular weight is 706 g/mol. The SMILES string of the molecule is COC(=O)COCCNc1ccccc1SSCC(NC(=O)OCC1c2ccccc2-c2ccccc21)C(=O)NCCOP(=O)(O)O. The van der Waals surface area contributed by atoms with Gasteiger partial charge in [-0.3, -0.25) is 9.32 Å². The van der Waals surface area contributed by atoms with Crippen LogP contribution in [0.5, 0.6) is 0 Å². The molecule has 1 aliphatic rings. The van der Waals surface area contributed by atoms with E-state index in [4.69, 9.17) is 19.3 Å². The molecule has 0 aliphatic heterocycles. The predicted octanol–water partition coefficient (Wildman–Crippen LogP) is 4.16. The van der Waals surface area contributed by atoms with E-state index in [-0.39, 0.29) is 38.0 Å². The average Bonchev–Trinajstić information content (AvgIpc) is 3.38. The van der Waals surface area contributed by atoms with E-state index in [1.54, 1.807) is 0 Å². The number of fused-ring (bicyclic) bond motifs is 3. The van der Waals surface area contributed by atoms with Gasteiger partial charge in [0, 0.05) is 35.3 Å². The number of hydrogen-bond donors (Lipinski definition) is 5. The number of carbonyl (C=O) groups excluding carboxylic acids is 3. The summed E-state index contributed by atoms with van der Waals surface area (Å²) < 4.78 is 30.8. The van der Waals surface area contributed by atoms with Crippen molar-refractivity contribution in [2.45, 2.75) is 16.9 Å². The van der Waals surface area contributed by atoms with E-state index in [1.807, 2.05) is 72.8 Å². The standard InChI is InChI=1S/C31H36N3O10PS2/c1-41-29(35)19-42-16-14-32-26-12-6-7-13-28(26)47-46-20-27(30(36)33-15-17-44-45(38,39)40)34-31(37)43-18-25-23-10-4-2-8-21(23)22-9-3-5-11-24(22)25/h2-13,25,27,32H,14-20H2,1H3,(H,33,36)(H,34,37)(H2,38,39,40). The van der Waals surface area contributed by atoms with Gasteiger partial charge in [-0.05, 0) is 34.4 Å². The highest BCUT2D eigenvalue weighted by Gasteiger charge is 2.30. The first-order valence-corrected chi connectivity index (χ1v) is 18.4. The fourth-order valence-corrected chi connectivity index (χ4v) is 7.44. The monoisotopic (exact) mass is 705 g/mol. The first kappa shape index (κ1) is 36.3. The van der Waals surface area contributed by atoms with Crippen molar-refractivity contribution in [3.8, 4) is 11.1 Å². The van der Waals surface area contributed by atoms with Crippen molar-refractivity contribution in [3.63, 3.8) is 0 Å². The summed E-state index contributed by atoms with van der Waals surface area (Å²) in [5.41, 5.74) is 5.09. The number of phosphoric ester groups is 1. The zero-order chi connectivity index (χ0) is 33.6. The molecule has 0 spiro atoms. The molecule has 0 bridgehead atoms. The zero-order valence-electron chi connectivity index (χ0n) is 25.5. The van der Waals surface area contributed by atoms with Gasteiger partial charge in [0.2, 0.25) is 5.91 Å². The van der Waals surface area contributed by atoms with E-state index in [0.29, 0.717) is 6.54 Å². The van der Waals surface area contributed by atoms with E-state index in [9.17, 15) is 18.9 Å². The van der Waals surface area contributed by atoms with E-state index in [2.05, 4.69) is 25.2 Å². The number of esters is 1. The molecular formula is C31H36N3O10PS2. The summed E-state index contributed by atoms with van der Waals surface area (Å²) >= 11 is 0. The summed E-state index contributed by atoms with van der Waals surface area (Å²) in [4.78, 5) is 56.0. The lowest BCUT2D eigenvalue weighted by atomic mass is 9.98. The highest BCUT2D eigenvalue weighted by molar-refractivity contribution is 8.76. The van der Waals surface area contributed by atoms with E-state index < -0.39 is 38.4 Å². The van der Waals surface area contributed by atoms with Crippen LogP contribution in [0.4, 0.5) is 10.5 Å². The van der Waals surface area contributed by atoms with Crippen LogP contribution in [0.15, 0.2) is 77.7 Å². The number of carbonyl (C=O) groups is 3. The number of phosphoric acid groups is 1. The van der Waals surface area contributed by atoms with Gasteiger partial charge in [0.15, 0.2) is 0 Å². The van der Waals surface area contributed by atoms with Crippen LogP contribution < -0.4 is 16.0 Å². The minimum Gasteiger partial charge on any atom is -0.467 e. The summed E-state index contributed by atoms with van der Waals surface area (Å²) in [6.45, 7) is 0.0293. The number of methoxy groups -OCH3 is 1. The van der Waals surface area contributed by atoms with Gasteiger partial charge in [0.25, 0.3) is 0 Å². The lowest BCUT2D eigenvalue weighted by Crippen LogP contribution is -2.49. The van der Waals surface area contributed by atoms with Crippen molar-refractivity contribution in [1.29, 1.82) is 0 Å². The first-order valence-electron chi connectivity index (χ1n) is 14.5. The number of rotatable bonds is 18. The second-order valence-electron chi connectivity index (χ2n) is 10.1. The van der Waals surface area contributed by atoms with Gasteiger partial charge in [-0.1, -0.05) is 82.3 Å². The highest BCUT2D eigenvalue weighted by atomic mass is 33.1. The molecule has 1 unspecified atom stereocenters. The summed E-state index contributed by atoms with van der Waals surface area (Å²) in [5, 5.41) is 8.42. The lowest BCUT2D eigenvalue weighted by molar-refractivity contribution is -0.145. The molecule has 0 saturated heterocycles. The van der Waals surface area contributed by atoms with Crippen molar-refractivity contribution < 1.29 is 47.5 Å². The zero-order valence-corrected chi connectivity index (χ0v) is 28.0. The second kappa shape index (κ2) is 18.1. The van der Waals surface area contributed by atoms with Crippen LogP contribution in [0.3, 0.4) is 0 Å². The molecular weight excluding hydrogens is 669 g/mol. The molecule has 4 rings (SSSR count). The van der Waals surface area contributed by atoms with Crippen LogP contribution in [-0.4, -0.2) is 86.2 Å². The fraction of sp³-hybridized carbons (Fsp3) is 0.323. The molecule has 47 heavy (non-hydrogen) atoms. The Hall–Kier alpha value is -3.56. The molecule has 1 atom stereocenters. The van der Waals surface area contributed by atoms with Crippen molar-refractivity contribution >= 4 is 53.1 Å². The van der Waals surface area contributed by atoms with E-state index in [0.717, 1.165) is 32.8 Å². The Morgan fingerprint density at radius 3 is 2.26 bits per heavy atom. The number of amides is 2. The molecule has 0 fully saturated rings. The van der Waals surface area contributed by atoms with Crippen LogP contribution >= 0.6 is 29.4 Å².